The number of thiazole rings is 1. The summed E-state index contributed by atoms with van der Waals surface area (Å²) in [6, 6.07) is 0.702. The van der Waals surface area contributed by atoms with Crippen LogP contribution in [0.3, 0.4) is 0 Å². The van der Waals surface area contributed by atoms with Gasteiger partial charge in [-0.05, 0) is 52.7 Å². The predicted octanol–water partition coefficient (Wildman–Crippen LogP) is 2.53. The highest BCUT2D eigenvalue weighted by atomic mass is 32.1. The van der Waals surface area contributed by atoms with Crippen LogP contribution in [0, 0.1) is 5.92 Å². The number of aromatic nitrogens is 1. The Morgan fingerprint density at radius 1 is 1.44 bits per heavy atom. The van der Waals surface area contributed by atoms with Gasteiger partial charge in [-0.1, -0.05) is 0 Å². The van der Waals surface area contributed by atoms with E-state index in [1.807, 2.05) is 24.6 Å². The van der Waals surface area contributed by atoms with Crippen LogP contribution < -0.4 is 5.32 Å². The maximum atomic E-state index is 4.55. The second-order valence-electron chi connectivity index (χ2n) is 5.53. The minimum atomic E-state index is 0.702. The summed E-state index contributed by atoms with van der Waals surface area (Å²) in [7, 11) is 1.99. The molecule has 0 amide bonds. The molecule has 0 saturated carbocycles. The van der Waals surface area contributed by atoms with Gasteiger partial charge in [-0.2, -0.15) is 0 Å². The van der Waals surface area contributed by atoms with Crippen LogP contribution in [-0.4, -0.2) is 36.1 Å². The molecule has 0 aromatic carbocycles. The first-order chi connectivity index (χ1) is 8.69. The SMILES string of the molecule is CNCc1cnc(CC2CCN(C(C)C)CC2)s1. The summed E-state index contributed by atoms with van der Waals surface area (Å²) < 4.78 is 0. The Bertz CT molecular complexity index is 354. The number of hydrogen-bond acceptors (Lipinski definition) is 4. The molecule has 2 rings (SSSR count). The largest absolute Gasteiger partial charge is 0.315 e. The fraction of sp³-hybridized carbons (Fsp3) is 0.786. The third kappa shape index (κ3) is 3.77. The van der Waals surface area contributed by atoms with E-state index in [4.69, 9.17) is 0 Å². The molecule has 2 heterocycles. The van der Waals surface area contributed by atoms with Crippen molar-refractivity contribution in [3.8, 4) is 0 Å². The summed E-state index contributed by atoms with van der Waals surface area (Å²) in [6.45, 7) is 8.06. The Hall–Kier alpha value is -0.450. The summed E-state index contributed by atoms with van der Waals surface area (Å²) in [5.41, 5.74) is 0. The molecule has 1 saturated heterocycles. The van der Waals surface area contributed by atoms with Crippen molar-refractivity contribution in [1.82, 2.24) is 15.2 Å². The Labute approximate surface area is 115 Å². The molecular formula is C14H25N3S. The highest BCUT2D eigenvalue weighted by Gasteiger charge is 2.21. The van der Waals surface area contributed by atoms with Crippen LogP contribution >= 0.6 is 11.3 Å². The van der Waals surface area contributed by atoms with E-state index in [2.05, 4.69) is 29.0 Å². The molecule has 102 valence electrons. The van der Waals surface area contributed by atoms with Crippen molar-refractivity contribution in [3.63, 3.8) is 0 Å². The molecule has 0 spiro atoms. The lowest BCUT2D eigenvalue weighted by molar-refractivity contribution is 0.149. The molecule has 4 heteroatoms. The lowest BCUT2D eigenvalue weighted by Crippen LogP contribution is -2.38. The Kier molecular flexibility index (Phi) is 5.15. The first-order valence-corrected chi connectivity index (χ1v) is 7.83. The van der Waals surface area contributed by atoms with Gasteiger partial charge < -0.3 is 10.2 Å². The van der Waals surface area contributed by atoms with Gasteiger partial charge in [0.1, 0.15) is 0 Å². The molecule has 1 aromatic rings. The van der Waals surface area contributed by atoms with E-state index in [0.717, 1.165) is 12.5 Å². The standard InChI is InChI=1S/C14H25N3S/c1-11(2)17-6-4-12(5-7-17)8-14-16-10-13(18-14)9-15-3/h10-12,15H,4-9H2,1-3H3. The minimum absolute atomic E-state index is 0.702. The highest BCUT2D eigenvalue weighted by molar-refractivity contribution is 7.11. The zero-order valence-electron chi connectivity index (χ0n) is 11.8. The van der Waals surface area contributed by atoms with Gasteiger partial charge in [-0.25, -0.2) is 4.98 Å². The molecule has 1 aromatic heterocycles. The summed E-state index contributed by atoms with van der Waals surface area (Å²) in [5.74, 6) is 0.841. The van der Waals surface area contributed by atoms with Crippen molar-refractivity contribution in [3.05, 3.63) is 16.1 Å². The molecule has 1 N–H and O–H groups in total. The average molecular weight is 267 g/mol. The van der Waals surface area contributed by atoms with E-state index in [1.165, 1.54) is 42.2 Å². The van der Waals surface area contributed by atoms with Crippen LogP contribution in [0.2, 0.25) is 0 Å². The number of piperidine rings is 1. The number of likely N-dealkylation sites (tertiary alicyclic amines) is 1. The lowest BCUT2D eigenvalue weighted by atomic mass is 9.93. The van der Waals surface area contributed by atoms with E-state index in [-0.39, 0.29) is 0 Å². The molecule has 1 aliphatic rings. The van der Waals surface area contributed by atoms with Crippen molar-refractivity contribution in [1.29, 1.82) is 0 Å². The van der Waals surface area contributed by atoms with Crippen molar-refractivity contribution in [2.45, 2.75) is 45.7 Å². The van der Waals surface area contributed by atoms with Crippen molar-refractivity contribution >= 4 is 11.3 Å². The van der Waals surface area contributed by atoms with Gasteiger partial charge in [0.05, 0.1) is 5.01 Å². The molecule has 0 radical (unpaired) electrons. The van der Waals surface area contributed by atoms with Gasteiger partial charge >= 0.3 is 0 Å². The third-order valence-electron chi connectivity index (χ3n) is 3.80. The normalized spacial score (nSPS) is 18.7. The topological polar surface area (TPSA) is 28.2 Å². The lowest BCUT2D eigenvalue weighted by Gasteiger charge is -2.34. The first-order valence-electron chi connectivity index (χ1n) is 7.01. The van der Waals surface area contributed by atoms with E-state index in [1.54, 1.807) is 0 Å². The van der Waals surface area contributed by atoms with E-state index >= 15 is 0 Å². The minimum Gasteiger partial charge on any atom is -0.315 e. The Morgan fingerprint density at radius 3 is 2.78 bits per heavy atom. The molecule has 3 nitrogen and oxygen atoms in total. The van der Waals surface area contributed by atoms with Crippen molar-refractivity contribution < 1.29 is 0 Å². The van der Waals surface area contributed by atoms with Crippen LogP contribution in [0.1, 0.15) is 36.6 Å². The monoisotopic (exact) mass is 267 g/mol. The quantitative estimate of drug-likeness (QED) is 0.888. The Morgan fingerprint density at radius 2 is 2.17 bits per heavy atom. The van der Waals surface area contributed by atoms with Crippen molar-refractivity contribution in [2.24, 2.45) is 5.92 Å². The van der Waals surface area contributed by atoms with Gasteiger partial charge in [0.15, 0.2) is 0 Å². The summed E-state index contributed by atoms with van der Waals surface area (Å²) in [5, 5.41) is 4.51. The van der Waals surface area contributed by atoms with E-state index < -0.39 is 0 Å². The molecule has 1 fully saturated rings. The highest BCUT2D eigenvalue weighted by Crippen LogP contribution is 2.24. The van der Waals surface area contributed by atoms with Crippen molar-refractivity contribution in [2.75, 3.05) is 20.1 Å². The zero-order valence-corrected chi connectivity index (χ0v) is 12.6. The fourth-order valence-electron chi connectivity index (χ4n) is 2.62. The number of rotatable bonds is 5. The molecule has 0 bridgehead atoms. The Balaban J connectivity index is 1.80. The van der Waals surface area contributed by atoms with Crippen LogP contribution in [0.4, 0.5) is 0 Å². The van der Waals surface area contributed by atoms with E-state index in [9.17, 15) is 0 Å². The van der Waals surface area contributed by atoms with Crippen LogP contribution in [0.15, 0.2) is 6.20 Å². The van der Waals surface area contributed by atoms with Gasteiger partial charge in [-0.15, -0.1) is 11.3 Å². The predicted molar refractivity (Wildman–Crippen MR) is 78.0 cm³/mol. The summed E-state index contributed by atoms with van der Waals surface area (Å²) in [4.78, 5) is 8.49. The van der Waals surface area contributed by atoms with Crippen LogP contribution in [-0.2, 0) is 13.0 Å². The molecule has 0 aliphatic carbocycles. The maximum absolute atomic E-state index is 4.55. The number of nitrogens with zero attached hydrogens (tertiary/aromatic N) is 2. The summed E-state index contributed by atoms with van der Waals surface area (Å²) in [6.07, 6.45) is 5.87. The second-order valence-corrected chi connectivity index (χ2v) is 6.73. The first kappa shape index (κ1) is 14.0. The molecule has 0 atom stereocenters. The zero-order chi connectivity index (χ0) is 13.0. The summed E-state index contributed by atoms with van der Waals surface area (Å²) >= 11 is 1.87. The molecule has 1 aliphatic heterocycles. The second kappa shape index (κ2) is 6.64. The average Bonchev–Trinajstić information content (AvgIpc) is 2.78. The number of hydrogen-bond donors (Lipinski definition) is 1. The van der Waals surface area contributed by atoms with Crippen LogP contribution in [0.25, 0.3) is 0 Å². The van der Waals surface area contributed by atoms with Gasteiger partial charge in [0, 0.05) is 30.1 Å². The number of nitrogens with one attached hydrogen (secondary N) is 1. The molecular weight excluding hydrogens is 242 g/mol. The smallest absolute Gasteiger partial charge is 0.0930 e. The third-order valence-corrected chi connectivity index (χ3v) is 4.81. The fourth-order valence-corrected chi connectivity index (χ4v) is 3.67. The van der Waals surface area contributed by atoms with Gasteiger partial charge in [0.2, 0.25) is 0 Å². The van der Waals surface area contributed by atoms with Gasteiger partial charge in [0.25, 0.3) is 0 Å². The molecule has 18 heavy (non-hydrogen) atoms. The van der Waals surface area contributed by atoms with Crippen LogP contribution in [0.5, 0.6) is 0 Å². The van der Waals surface area contributed by atoms with E-state index in [0.29, 0.717) is 6.04 Å². The maximum Gasteiger partial charge on any atom is 0.0930 e. The van der Waals surface area contributed by atoms with Gasteiger partial charge in [-0.3, -0.25) is 0 Å². The molecule has 0 unspecified atom stereocenters.